The van der Waals surface area contributed by atoms with E-state index in [-0.39, 0.29) is 0 Å². The van der Waals surface area contributed by atoms with Gasteiger partial charge in [0, 0.05) is 29.8 Å². The third-order valence-corrected chi connectivity index (χ3v) is 2.96. The molecule has 2 rings (SSSR count). The maximum atomic E-state index is 5.54. The molecule has 1 aromatic carbocycles. The lowest BCUT2D eigenvalue weighted by Gasteiger charge is -2.07. The lowest BCUT2D eigenvalue weighted by molar-refractivity contribution is 0.716. The van der Waals surface area contributed by atoms with Crippen molar-refractivity contribution in [3.63, 3.8) is 0 Å². The third-order valence-electron chi connectivity index (χ3n) is 2.44. The minimum atomic E-state index is 0.636. The summed E-state index contributed by atoms with van der Waals surface area (Å²) in [5.41, 5.74) is 6.81. The molecule has 0 aliphatic heterocycles. The van der Waals surface area contributed by atoms with E-state index in [1.165, 1.54) is 5.56 Å². The van der Waals surface area contributed by atoms with Crippen LogP contribution in [-0.4, -0.2) is 16.1 Å². The summed E-state index contributed by atoms with van der Waals surface area (Å²) in [6.07, 6.45) is 4.64. The number of halogens is 1. The highest BCUT2D eigenvalue weighted by atomic mass is 79.9. The zero-order valence-electron chi connectivity index (χ0n) is 8.94. The Labute approximate surface area is 103 Å². The summed E-state index contributed by atoms with van der Waals surface area (Å²) < 4.78 is 3.24. The van der Waals surface area contributed by atoms with E-state index in [1.807, 2.05) is 12.4 Å². The van der Waals surface area contributed by atoms with Crippen molar-refractivity contribution in [1.29, 1.82) is 0 Å². The fourth-order valence-corrected chi connectivity index (χ4v) is 1.89. The average molecular weight is 280 g/mol. The number of nitrogens with two attached hydrogens (primary N) is 1. The first-order valence-electron chi connectivity index (χ1n) is 5.24. The molecule has 0 unspecified atom stereocenters. The first-order chi connectivity index (χ1) is 7.79. The van der Waals surface area contributed by atoms with Crippen molar-refractivity contribution in [3.05, 3.63) is 52.5 Å². The monoisotopic (exact) mass is 279 g/mol. The van der Waals surface area contributed by atoms with E-state index in [1.54, 1.807) is 0 Å². The quantitative estimate of drug-likeness (QED) is 0.933. The fraction of sp³-hybridized carbons (Fsp3) is 0.250. The van der Waals surface area contributed by atoms with Crippen molar-refractivity contribution in [2.75, 3.05) is 6.54 Å². The second-order valence-electron chi connectivity index (χ2n) is 3.64. The molecule has 0 spiro atoms. The SMILES string of the molecule is NCCc1nccn1Cc1ccc(Br)cc1. The number of nitrogens with zero attached hydrogens (tertiary/aromatic N) is 2. The topological polar surface area (TPSA) is 43.8 Å². The smallest absolute Gasteiger partial charge is 0.110 e. The van der Waals surface area contributed by atoms with E-state index in [2.05, 4.69) is 49.7 Å². The fourth-order valence-electron chi connectivity index (χ4n) is 1.63. The van der Waals surface area contributed by atoms with Crippen LogP contribution in [0.2, 0.25) is 0 Å². The second-order valence-corrected chi connectivity index (χ2v) is 4.55. The average Bonchev–Trinajstić information content (AvgIpc) is 2.70. The molecule has 2 N–H and O–H groups in total. The van der Waals surface area contributed by atoms with Crippen molar-refractivity contribution in [2.45, 2.75) is 13.0 Å². The van der Waals surface area contributed by atoms with Gasteiger partial charge in [-0.1, -0.05) is 28.1 Å². The van der Waals surface area contributed by atoms with Crippen LogP contribution in [0, 0.1) is 0 Å². The number of aromatic nitrogens is 2. The van der Waals surface area contributed by atoms with Gasteiger partial charge in [-0.2, -0.15) is 0 Å². The summed E-state index contributed by atoms with van der Waals surface area (Å²) in [6, 6.07) is 8.32. The van der Waals surface area contributed by atoms with Gasteiger partial charge in [0.15, 0.2) is 0 Å². The number of rotatable bonds is 4. The van der Waals surface area contributed by atoms with Crippen molar-refractivity contribution in [1.82, 2.24) is 9.55 Å². The second kappa shape index (κ2) is 5.27. The Hall–Kier alpha value is -1.13. The largest absolute Gasteiger partial charge is 0.330 e. The Morgan fingerprint density at radius 1 is 1.25 bits per heavy atom. The van der Waals surface area contributed by atoms with E-state index < -0.39 is 0 Å². The Balaban J connectivity index is 2.13. The molecule has 0 aliphatic rings. The van der Waals surface area contributed by atoms with Gasteiger partial charge in [-0.05, 0) is 24.2 Å². The molecule has 1 heterocycles. The summed E-state index contributed by atoms with van der Waals surface area (Å²) >= 11 is 3.43. The van der Waals surface area contributed by atoms with Gasteiger partial charge < -0.3 is 10.3 Å². The molecular formula is C12H14BrN3. The highest BCUT2D eigenvalue weighted by Crippen LogP contribution is 2.12. The van der Waals surface area contributed by atoms with Crippen LogP contribution in [0.1, 0.15) is 11.4 Å². The van der Waals surface area contributed by atoms with E-state index in [0.717, 1.165) is 23.3 Å². The number of hydrogen-bond donors (Lipinski definition) is 1. The molecule has 16 heavy (non-hydrogen) atoms. The van der Waals surface area contributed by atoms with Gasteiger partial charge in [0.1, 0.15) is 5.82 Å². The highest BCUT2D eigenvalue weighted by molar-refractivity contribution is 9.10. The van der Waals surface area contributed by atoms with E-state index in [9.17, 15) is 0 Å². The standard InChI is InChI=1S/C12H14BrN3/c13-11-3-1-10(2-4-11)9-16-8-7-15-12(16)5-6-14/h1-4,7-8H,5-6,9,14H2. The molecule has 0 fully saturated rings. The van der Waals surface area contributed by atoms with Crippen LogP contribution in [0.3, 0.4) is 0 Å². The predicted molar refractivity (Wildman–Crippen MR) is 68.2 cm³/mol. The molecule has 0 saturated heterocycles. The summed E-state index contributed by atoms with van der Waals surface area (Å²) in [5.74, 6) is 1.05. The maximum Gasteiger partial charge on any atom is 0.110 e. The molecular weight excluding hydrogens is 266 g/mol. The van der Waals surface area contributed by atoms with Crippen molar-refractivity contribution in [2.24, 2.45) is 5.73 Å². The van der Waals surface area contributed by atoms with E-state index in [4.69, 9.17) is 5.73 Å². The molecule has 0 bridgehead atoms. The Morgan fingerprint density at radius 2 is 2.00 bits per heavy atom. The Morgan fingerprint density at radius 3 is 2.69 bits per heavy atom. The molecule has 1 aromatic heterocycles. The van der Waals surface area contributed by atoms with Gasteiger partial charge in [-0.15, -0.1) is 0 Å². The molecule has 84 valence electrons. The predicted octanol–water partition coefficient (Wildman–Crippen LogP) is 2.20. The van der Waals surface area contributed by atoms with Gasteiger partial charge >= 0.3 is 0 Å². The Bertz CT molecular complexity index is 448. The first-order valence-corrected chi connectivity index (χ1v) is 6.03. The van der Waals surface area contributed by atoms with Crippen LogP contribution in [0.15, 0.2) is 41.1 Å². The lowest BCUT2D eigenvalue weighted by atomic mass is 10.2. The molecule has 0 aliphatic carbocycles. The zero-order valence-corrected chi connectivity index (χ0v) is 10.5. The molecule has 3 nitrogen and oxygen atoms in total. The minimum Gasteiger partial charge on any atom is -0.330 e. The summed E-state index contributed by atoms with van der Waals surface area (Å²) in [5, 5.41) is 0. The molecule has 0 saturated carbocycles. The van der Waals surface area contributed by atoms with Gasteiger partial charge in [0.05, 0.1) is 0 Å². The van der Waals surface area contributed by atoms with Gasteiger partial charge in [0.25, 0.3) is 0 Å². The van der Waals surface area contributed by atoms with Crippen LogP contribution in [0.4, 0.5) is 0 Å². The summed E-state index contributed by atoms with van der Waals surface area (Å²) in [6.45, 7) is 1.49. The third kappa shape index (κ3) is 2.71. The van der Waals surface area contributed by atoms with E-state index in [0.29, 0.717) is 6.54 Å². The summed E-state index contributed by atoms with van der Waals surface area (Å²) in [4.78, 5) is 4.29. The van der Waals surface area contributed by atoms with Crippen LogP contribution >= 0.6 is 15.9 Å². The van der Waals surface area contributed by atoms with Crippen LogP contribution in [0.25, 0.3) is 0 Å². The Kier molecular flexibility index (Phi) is 3.74. The van der Waals surface area contributed by atoms with Crippen LogP contribution in [0.5, 0.6) is 0 Å². The zero-order chi connectivity index (χ0) is 11.4. The lowest BCUT2D eigenvalue weighted by Crippen LogP contribution is -2.10. The summed E-state index contributed by atoms with van der Waals surface area (Å²) in [7, 11) is 0. The molecule has 0 atom stereocenters. The van der Waals surface area contributed by atoms with Crippen molar-refractivity contribution < 1.29 is 0 Å². The van der Waals surface area contributed by atoms with Gasteiger partial charge in [0.2, 0.25) is 0 Å². The molecule has 0 radical (unpaired) electrons. The first kappa shape index (κ1) is 11.4. The maximum absolute atomic E-state index is 5.54. The number of imidazole rings is 1. The van der Waals surface area contributed by atoms with E-state index >= 15 is 0 Å². The number of hydrogen-bond acceptors (Lipinski definition) is 2. The molecule has 2 aromatic rings. The number of benzene rings is 1. The van der Waals surface area contributed by atoms with Crippen LogP contribution in [-0.2, 0) is 13.0 Å². The van der Waals surface area contributed by atoms with Crippen LogP contribution < -0.4 is 5.73 Å². The highest BCUT2D eigenvalue weighted by Gasteiger charge is 2.02. The van der Waals surface area contributed by atoms with Gasteiger partial charge in [-0.3, -0.25) is 0 Å². The van der Waals surface area contributed by atoms with Gasteiger partial charge in [-0.25, -0.2) is 4.98 Å². The normalized spacial score (nSPS) is 10.6. The minimum absolute atomic E-state index is 0.636. The van der Waals surface area contributed by atoms with Crippen molar-refractivity contribution >= 4 is 15.9 Å². The molecule has 0 amide bonds. The van der Waals surface area contributed by atoms with Crippen molar-refractivity contribution in [3.8, 4) is 0 Å². The molecule has 4 heteroatoms.